The summed E-state index contributed by atoms with van der Waals surface area (Å²) in [5.41, 5.74) is 0. The zero-order chi connectivity index (χ0) is 36.0. The summed E-state index contributed by atoms with van der Waals surface area (Å²) >= 11 is 0. The average molecular weight is 832 g/mol. The van der Waals surface area contributed by atoms with E-state index in [0.717, 1.165) is 0 Å². The third kappa shape index (κ3) is 10.9. The molecule has 0 aromatic rings. The molecule has 1 radical (unpaired) electrons. The SMILES string of the molecule is CC(C)(C)[Si](O)(C(C)(C)C)C(C)(C)C.CC(C)(C)[Si](O)(C(C)(C)C)C(C)(C)C.CC(C)(C)[Si](O)(C(C)(C)C)C(C)(C)C.[TaH2]. The van der Waals surface area contributed by atoms with Crippen LogP contribution in [-0.2, 0) is 22.4 Å². The molecule has 0 aliphatic carbocycles. The first-order valence-corrected chi connectivity index (χ1v) is 22.3. The Morgan fingerprint density at radius 3 is 0.256 bits per heavy atom. The number of hydrogen-bond donors (Lipinski definition) is 3. The summed E-state index contributed by atoms with van der Waals surface area (Å²) in [5.74, 6) is 0. The molecule has 265 valence electrons. The van der Waals surface area contributed by atoms with Crippen molar-refractivity contribution < 1.29 is 36.8 Å². The van der Waals surface area contributed by atoms with E-state index in [9.17, 15) is 14.4 Å². The van der Waals surface area contributed by atoms with Crippen molar-refractivity contribution in [1.82, 2.24) is 0 Å². The first-order chi connectivity index (χ1) is 17.2. The molecule has 0 saturated heterocycles. The van der Waals surface area contributed by atoms with Crippen molar-refractivity contribution in [2.24, 2.45) is 0 Å². The fourth-order valence-corrected chi connectivity index (χ4v) is 30.4. The van der Waals surface area contributed by atoms with Crippen LogP contribution in [-0.4, -0.2) is 39.3 Å². The third-order valence-corrected chi connectivity index (χ3v) is 29.3. The molecule has 0 saturated carbocycles. The van der Waals surface area contributed by atoms with Crippen LogP contribution >= 0.6 is 0 Å². The van der Waals surface area contributed by atoms with Gasteiger partial charge >= 0.3 is 22.4 Å². The van der Waals surface area contributed by atoms with Crippen molar-refractivity contribution in [3.63, 3.8) is 0 Å². The Hall–Kier alpha value is 1.27. The van der Waals surface area contributed by atoms with Gasteiger partial charge in [-0.3, -0.25) is 0 Å². The fraction of sp³-hybridized carbons (Fsp3) is 1.00. The molecule has 0 aromatic carbocycles. The van der Waals surface area contributed by atoms with Crippen molar-refractivity contribution in [2.75, 3.05) is 0 Å². The second kappa shape index (κ2) is 14.4. The topological polar surface area (TPSA) is 60.7 Å². The van der Waals surface area contributed by atoms with Gasteiger partial charge in [0.15, 0.2) is 0 Å². The molecule has 0 fully saturated rings. The molecule has 0 bridgehead atoms. The molecule has 0 rings (SSSR count). The van der Waals surface area contributed by atoms with Gasteiger partial charge in [-0.1, -0.05) is 187 Å². The van der Waals surface area contributed by atoms with Crippen molar-refractivity contribution >= 4 is 25.0 Å². The van der Waals surface area contributed by atoms with Crippen LogP contribution in [0.25, 0.3) is 0 Å². The van der Waals surface area contributed by atoms with Crippen LogP contribution in [0.1, 0.15) is 187 Å². The van der Waals surface area contributed by atoms with E-state index in [4.69, 9.17) is 0 Å². The Balaban J connectivity index is -0.000000262. The Labute approximate surface area is 292 Å². The molecule has 0 aliphatic heterocycles. The predicted molar refractivity (Wildman–Crippen MR) is 204 cm³/mol. The summed E-state index contributed by atoms with van der Waals surface area (Å²) in [6.45, 7) is 58.8. The van der Waals surface area contributed by atoms with E-state index in [1.165, 1.54) is 0 Å². The first kappa shape index (κ1) is 51.1. The Kier molecular flexibility index (Phi) is 17.1. The van der Waals surface area contributed by atoms with E-state index in [0.29, 0.717) is 0 Å². The molecule has 0 unspecified atom stereocenters. The van der Waals surface area contributed by atoms with E-state index >= 15 is 0 Å². The van der Waals surface area contributed by atoms with Crippen molar-refractivity contribution in [3.8, 4) is 0 Å². The van der Waals surface area contributed by atoms with Gasteiger partial charge < -0.3 is 14.4 Å². The van der Waals surface area contributed by atoms with Crippen LogP contribution in [0, 0.1) is 0 Å². The van der Waals surface area contributed by atoms with Crippen LogP contribution in [0.4, 0.5) is 0 Å². The zero-order valence-electron chi connectivity index (χ0n) is 34.9. The fourth-order valence-electron chi connectivity index (χ4n) is 10.1. The molecule has 0 aromatic heterocycles. The maximum absolute atomic E-state index is 11.2. The molecule has 0 amide bonds. The quantitative estimate of drug-likeness (QED) is 0.213. The molecule has 3 nitrogen and oxygen atoms in total. The van der Waals surface area contributed by atoms with Gasteiger partial charge in [0, 0.05) is 0 Å². The standard InChI is InChI=1S/3C12H28OSi.Ta.2H/c3*1-10(2,3)14(13,11(4,5)6)12(7,8)9;;;/h3*13H,1-9H3;;;. The van der Waals surface area contributed by atoms with E-state index < -0.39 is 25.0 Å². The summed E-state index contributed by atoms with van der Waals surface area (Å²) in [5, 5.41) is 0.156. The minimum atomic E-state index is -2.35. The van der Waals surface area contributed by atoms with Gasteiger partial charge in [0.1, 0.15) is 0 Å². The molecule has 0 atom stereocenters. The van der Waals surface area contributed by atoms with Crippen LogP contribution in [0.3, 0.4) is 0 Å². The van der Waals surface area contributed by atoms with Gasteiger partial charge in [-0.05, 0) is 45.3 Å². The van der Waals surface area contributed by atoms with Gasteiger partial charge in [0.05, 0.1) is 0 Å². The van der Waals surface area contributed by atoms with Gasteiger partial charge in [-0.25, -0.2) is 0 Å². The summed E-state index contributed by atoms with van der Waals surface area (Å²) in [6, 6.07) is 0. The molecular weight excluding hydrogens is 746 g/mol. The van der Waals surface area contributed by atoms with Crippen LogP contribution in [0.5, 0.6) is 0 Å². The molecule has 0 heterocycles. The van der Waals surface area contributed by atoms with E-state index in [2.05, 4.69) is 187 Å². The van der Waals surface area contributed by atoms with Gasteiger partial charge in [0.2, 0.25) is 25.0 Å². The molecule has 0 aliphatic rings. The molecular formula is C36H86O3Si3Ta. The predicted octanol–water partition coefficient (Wildman–Crippen LogP) is 12.4. The summed E-state index contributed by atoms with van der Waals surface area (Å²) in [7, 11) is -7.06. The number of hydrogen-bond acceptors (Lipinski definition) is 3. The van der Waals surface area contributed by atoms with E-state index in [-0.39, 0.29) is 67.7 Å². The van der Waals surface area contributed by atoms with E-state index in [1.54, 1.807) is 0 Å². The molecule has 7 heteroatoms. The van der Waals surface area contributed by atoms with Crippen LogP contribution < -0.4 is 0 Å². The van der Waals surface area contributed by atoms with Crippen LogP contribution in [0.2, 0.25) is 45.3 Å². The average Bonchev–Trinajstić information content (AvgIpc) is 2.58. The summed E-state index contributed by atoms with van der Waals surface area (Å²) in [6.07, 6.45) is 0. The Morgan fingerprint density at radius 2 is 0.256 bits per heavy atom. The third-order valence-electron chi connectivity index (χ3n) is 9.77. The van der Waals surface area contributed by atoms with Gasteiger partial charge in [0.25, 0.3) is 0 Å². The first-order valence-electron chi connectivity index (χ1n) is 16.4. The molecule has 3 N–H and O–H groups in total. The summed E-state index contributed by atoms with van der Waals surface area (Å²) < 4.78 is 0. The minimum absolute atomic E-state index is 0. The Bertz CT molecular complexity index is 612. The number of rotatable bonds is 0. The Morgan fingerprint density at radius 1 is 0.209 bits per heavy atom. The molecule has 43 heavy (non-hydrogen) atoms. The molecule has 0 spiro atoms. The maximum atomic E-state index is 11.2. The summed E-state index contributed by atoms with van der Waals surface area (Å²) in [4.78, 5) is 33.5. The zero-order valence-corrected chi connectivity index (χ0v) is 42.1. The van der Waals surface area contributed by atoms with Gasteiger partial charge in [-0.15, -0.1) is 0 Å². The van der Waals surface area contributed by atoms with Crippen LogP contribution in [0.15, 0.2) is 0 Å². The van der Waals surface area contributed by atoms with Gasteiger partial charge in [-0.2, -0.15) is 0 Å². The monoisotopic (exact) mass is 832 g/mol. The second-order valence-electron chi connectivity index (χ2n) is 22.4. The van der Waals surface area contributed by atoms with E-state index in [1.807, 2.05) is 0 Å². The van der Waals surface area contributed by atoms with Crippen molar-refractivity contribution in [2.45, 2.75) is 232 Å². The van der Waals surface area contributed by atoms with Crippen molar-refractivity contribution in [3.05, 3.63) is 0 Å². The second-order valence-corrected chi connectivity index (χ2v) is 40.1. The van der Waals surface area contributed by atoms with Crippen molar-refractivity contribution in [1.29, 1.82) is 0 Å². The normalized spacial score (nSPS) is 15.5.